The van der Waals surface area contributed by atoms with Crippen molar-refractivity contribution in [3.8, 4) is 0 Å². The molecule has 0 aromatic carbocycles. The van der Waals surface area contributed by atoms with E-state index in [1.807, 2.05) is 0 Å². The first-order chi connectivity index (χ1) is 7.94. The molecule has 0 saturated heterocycles. The van der Waals surface area contributed by atoms with E-state index >= 15 is 0 Å². The van der Waals surface area contributed by atoms with E-state index in [-0.39, 0.29) is 0 Å². The van der Waals surface area contributed by atoms with E-state index in [1.54, 1.807) is 0 Å². The van der Waals surface area contributed by atoms with Crippen LogP contribution in [-0.2, 0) is 0 Å². The molecular weight excluding hydrogens is 72.1 g/mol. The van der Waals surface area contributed by atoms with Gasteiger partial charge in [0.15, 0.2) is 0 Å². The normalized spacial score (nSPS) is 53.2. The van der Waals surface area contributed by atoms with Gasteiger partial charge in [0.2, 0.25) is 0 Å². The van der Waals surface area contributed by atoms with E-state index in [0.717, 1.165) is 0 Å². The van der Waals surface area contributed by atoms with Gasteiger partial charge in [-0.1, -0.05) is 39.2 Å². The Kier molecular flexibility index (Phi) is 0.386. The molecule has 0 N–H and O–H groups in total. The molecule has 0 bridgehead atoms. The number of rotatable bonds is 4. The van der Waals surface area contributed by atoms with Gasteiger partial charge in [0.25, 0.3) is 0 Å². The van der Waals surface area contributed by atoms with E-state index in [2.05, 4.69) is 0 Å². The van der Waals surface area contributed by atoms with E-state index in [9.17, 15) is 0 Å². The smallest absolute Gasteiger partial charge is 0.0267 e. The summed E-state index contributed by atoms with van der Waals surface area (Å²) < 4.78 is 92.8. The molecule has 0 aliphatic carbocycles. The molecule has 1 radical (unpaired) electrons. The van der Waals surface area contributed by atoms with Crippen molar-refractivity contribution in [2.75, 3.05) is 0 Å². The average molecular weight is 98.2 g/mol. The van der Waals surface area contributed by atoms with Gasteiger partial charge in [0, 0.05) is 17.8 Å². The Morgan fingerprint density at radius 1 is 2.00 bits per heavy atom. The van der Waals surface area contributed by atoms with Gasteiger partial charge in [-0.25, -0.2) is 0 Å². The topological polar surface area (TPSA) is 0 Å². The average Bonchev–Trinajstić information content (AvgIpc) is 2.14. The fraction of sp³-hybridized carbons (Fsp3) is 0.833. The Bertz CT molecular complexity index is 323. The molecule has 0 nitrogen and oxygen atoms in total. The Labute approximate surface area is 58.8 Å². The van der Waals surface area contributed by atoms with Crippen molar-refractivity contribution in [1.82, 2.24) is 0 Å². The minimum atomic E-state index is -3.79. The summed E-state index contributed by atoms with van der Waals surface area (Å²) in [5, 5.41) is 0. The summed E-state index contributed by atoms with van der Waals surface area (Å²) in [5.41, 5.74) is 0. The number of hydrogen-bond donors (Lipinski definition) is 0. The van der Waals surface area contributed by atoms with E-state index in [0.29, 0.717) is 0 Å². The van der Waals surface area contributed by atoms with Gasteiger partial charge in [-0.2, -0.15) is 0 Å². The quantitative estimate of drug-likeness (QED) is 0.506. The first-order valence-corrected chi connectivity index (χ1v) is 1.25. The highest BCUT2D eigenvalue weighted by Crippen LogP contribution is 1.95. The maximum absolute atomic E-state index is 7.37. The summed E-state index contributed by atoms with van der Waals surface area (Å²) in [5.74, 6) is 0. The van der Waals surface area contributed by atoms with Gasteiger partial charge in [-0.3, -0.25) is 0 Å². The van der Waals surface area contributed by atoms with Crippen LogP contribution in [0, 0.1) is 6.88 Å². The van der Waals surface area contributed by atoms with Crippen molar-refractivity contribution < 1.29 is 17.8 Å². The Morgan fingerprint density at radius 2 is 3.00 bits per heavy atom. The van der Waals surface area contributed by atoms with Crippen molar-refractivity contribution in [2.45, 2.75) is 32.3 Å². The van der Waals surface area contributed by atoms with Crippen molar-refractivity contribution >= 4 is 0 Å². The molecule has 0 saturated carbocycles. The lowest BCUT2D eigenvalue weighted by atomic mass is 10.2. The summed E-state index contributed by atoms with van der Waals surface area (Å²) >= 11 is 0. The van der Waals surface area contributed by atoms with Gasteiger partial charge in [0.1, 0.15) is 0 Å². The van der Waals surface area contributed by atoms with E-state index < -0.39 is 39.2 Å². The molecule has 0 heterocycles. The summed E-state index contributed by atoms with van der Waals surface area (Å²) in [4.78, 5) is 0. The zero-order chi connectivity index (χ0) is 16.1. The van der Waals surface area contributed by atoms with Gasteiger partial charge in [0.05, 0.1) is 0 Å². The molecule has 0 heteroatoms. The van der Waals surface area contributed by atoms with E-state index in [1.165, 1.54) is 0 Å². The molecule has 0 fully saturated rings. The van der Waals surface area contributed by atoms with Crippen LogP contribution in [0.15, 0.2) is 0 Å². The largest absolute Gasteiger partial charge is 0.0654 e. The molecule has 37 valence electrons. The van der Waals surface area contributed by atoms with Crippen LogP contribution in [0.3, 0.4) is 0 Å². The van der Waals surface area contributed by atoms with Crippen molar-refractivity contribution in [3.05, 3.63) is 6.88 Å². The molecule has 0 rings (SSSR count). The zero-order valence-electron chi connectivity index (χ0n) is 16.0. The van der Waals surface area contributed by atoms with Crippen LogP contribution >= 0.6 is 0 Å². The highest BCUT2D eigenvalue weighted by Gasteiger charge is 1.75. The Balaban J connectivity index is 5.92. The lowest BCUT2D eigenvalue weighted by molar-refractivity contribution is 0.728. The van der Waals surface area contributed by atoms with E-state index in [4.69, 9.17) is 17.8 Å². The molecular formula is C6H13. The van der Waals surface area contributed by atoms with Crippen molar-refractivity contribution in [1.29, 1.82) is 0 Å². The second kappa shape index (κ2) is 5.00. The summed E-state index contributed by atoms with van der Waals surface area (Å²) in [6.45, 7) is -5.15. The molecule has 0 atom stereocenters. The van der Waals surface area contributed by atoms with Crippen molar-refractivity contribution in [2.24, 2.45) is 0 Å². The van der Waals surface area contributed by atoms with Crippen molar-refractivity contribution in [3.63, 3.8) is 0 Å². The third kappa shape index (κ3) is 4.00. The maximum atomic E-state index is 7.37. The molecule has 0 aromatic heterocycles. The lowest BCUT2D eigenvalue weighted by Gasteiger charge is -1.86. The minimum absolute atomic E-state index is 1.61. The number of hydrogen-bond acceptors (Lipinski definition) is 0. The predicted molar refractivity (Wildman–Crippen MR) is 29.5 cm³/mol. The highest BCUT2D eigenvalue weighted by atomic mass is 13.8. The molecule has 0 aliphatic rings. The monoisotopic (exact) mass is 98.2 g/mol. The summed E-state index contributed by atoms with van der Waals surface area (Å²) in [7, 11) is 0. The first kappa shape index (κ1) is 0.463. The van der Waals surface area contributed by atoms with Gasteiger partial charge in [-0.05, 0) is 0 Å². The lowest BCUT2D eigenvalue weighted by Crippen LogP contribution is -1.66. The molecule has 0 spiro atoms. The van der Waals surface area contributed by atoms with Gasteiger partial charge >= 0.3 is 0 Å². The zero-order valence-corrected chi connectivity index (χ0v) is 3.00. The molecule has 0 amide bonds. The fourth-order valence-corrected chi connectivity index (χ4v) is 0.0625. The SMILES string of the molecule is [2H][C]([2H])C([2H])([2H])C([2H])([2H])C([2H])([2H])C([2H])([2H])C([2H])([2H])[2H]. The van der Waals surface area contributed by atoms with Crippen LogP contribution in [0.1, 0.15) is 50.2 Å². The second-order valence-corrected chi connectivity index (χ2v) is 0.500. The van der Waals surface area contributed by atoms with Crippen LogP contribution in [0.2, 0.25) is 0 Å². The molecule has 0 aliphatic heterocycles. The fourth-order valence-electron chi connectivity index (χ4n) is 0.0625. The molecule has 6 heavy (non-hydrogen) atoms. The van der Waals surface area contributed by atoms with Gasteiger partial charge < -0.3 is 0 Å². The first-order valence-electron chi connectivity index (χ1n) is 7.75. The van der Waals surface area contributed by atoms with Crippen LogP contribution in [0.4, 0.5) is 0 Å². The summed E-state index contributed by atoms with van der Waals surface area (Å²) in [6.07, 6.45) is -14.7. The molecule has 0 aromatic rings. The van der Waals surface area contributed by atoms with Crippen LogP contribution in [0.25, 0.3) is 0 Å². The third-order valence-corrected chi connectivity index (χ3v) is 0.188. The minimum Gasteiger partial charge on any atom is -0.0654 e. The standard InChI is InChI=1S/C6H13/c1-3-5-6-4-2/h1,3-6H2,2H3/i1D2,2D3,3D2,4D2,5D2,6D2. The predicted octanol–water partition coefficient (Wildman–Crippen LogP) is 2.40. The summed E-state index contributed by atoms with van der Waals surface area (Å²) in [6, 6.07) is 0. The second-order valence-electron chi connectivity index (χ2n) is 0.500. The van der Waals surface area contributed by atoms with Gasteiger partial charge in [-0.15, -0.1) is 0 Å². The van der Waals surface area contributed by atoms with Crippen LogP contribution in [-0.4, -0.2) is 0 Å². The van der Waals surface area contributed by atoms with Crippen LogP contribution in [0.5, 0.6) is 0 Å². The Hall–Kier alpha value is 0. The van der Waals surface area contributed by atoms with Crippen LogP contribution < -0.4 is 0 Å². The highest BCUT2D eigenvalue weighted by molar-refractivity contribution is 4.38. The molecule has 0 unspecified atom stereocenters. The Morgan fingerprint density at radius 3 is 3.67 bits per heavy atom. The maximum Gasteiger partial charge on any atom is 0.0267 e. The third-order valence-electron chi connectivity index (χ3n) is 0.188.